The van der Waals surface area contributed by atoms with E-state index in [4.69, 9.17) is 5.73 Å². The Morgan fingerprint density at radius 3 is 3.11 bits per heavy atom. The molecule has 2 rings (SSSR count). The van der Waals surface area contributed by atoms with Gasteiger partial charge in [-0.2, -0.15) is 0 Å². The average Bonchev–Trinajstić information content (AvgIpc) is 2.39. The van der Waals surface area contributed by atoms with E-state index < -0.39 is 0 Å². The smallest absolute Gasteiger partial charge is 0.223 e. The lowest BCUT2D eigenvalue weighted by atomic mass is 10.1. The molecular weight excluding hydrogens is 244 g/mol. The molecule has 0 aromatic heterocycles. The molecule has 0 spiro atoms. The molecule has 0 unspecified atom stereocenters. The fourth-order valence-corrected chi connectivity index (χ4v) is 3.21. The second kappa shape index (κ2) is 6.25. The van der Waals surface area contributed by atoms with Crippen LogP contribution >= 0.6 is 11.8 Å². The van der Waals surface area contributed by atoms with Crippen molar-refractivity contribution >= 4 is 17.7 Å². The molecule has 1 aliphatic heterocycles. The third kappa shape index (κ3) is 3.27. The van der Waals surface area contributed by atoms with Crippen LogP contribution in [0.5, 0.6) is 0 Å². The second-order valence-corrected chi connectivity index (χ2v) is 5.82. The molecule has 0 atom stereocenters. The number of rotatable bonds is 4. The van der Waals surface area contributed by atoms with Gasteiger partial charge in [-0.25, -0.2) is 0 Å². The summed E-state index contributed by atoms with van der Waals surface area (Å²) in [5.41, 5.74) is 8.05. The van der Waals surface area contributed by atoms with Crippen molar-refractivity contribution in [3.05, 3.63) is 29.3 Å². The summed E-state index contributed by atoms with van der Waals surface area (Å²) < 4.78 is 0. The maximum Gasteiger partial charge on any atom is 0.223 e. The van der Waals surface area contributed by atoms with Crippen LogP contribution in [0.25, 0.3) is 0 Å². The Bertz CT molecular complexity index is 434. The van der Waals surface area contributed by atoms with Gasteiger partial charge in [0, 0.05) is 31.5 Å². The zero-order chi connectivity index (χ0) is 13.0. The van der Waals surface area contributed by atoms with Crippen LogP contribution < -0.4 is 5.73 Å². The Labute approximate surface area is 113 Å². The van der Waals surface area contributed by atoms with Gasteiger partial charge in [0.1, 0.15) is 0 Å². The number of carbonyl (C=O) groups is 1. The third-order valence-electron chi connectivity index (χ3n) is 3.18. The van der Waals surface area contributed by atoms with E-state index in [9.17, 15) is 4.79 Å². The van der Waals surface area contributed by atoms with E-state index in [0.717, 1.165) is 6.42 Å². The van der Waals surface area contributed by atoms with Crippen molar-refractivity contribution in [2.75, 3.05) is 19.3 Å². The van der Waals surface area contributed by atoms with E-state index in [-0.39, 0.29) is 5.91 Å². The molecule has 0 fully saturated rings. The lowest BCUT2D eigenvalue weighted by Crippen LogP contribution is -2.28. The Morgan fingerprint density at radius 1 is 1.50 bits per heavy atom. The number of hydrogen-bond acceptors (Lipinski definition) is 3. The minimum absolute atomic E-state index is 0.115. The predicted molar refractivity (Wildman–Crippen MR) is 75.6 cm³/mol. The number of benzene rings is 1. The molecule has 1 amide bonds. The monoisotopic (exact) mass is 264 g/mol. The van der Waals surface area contributed by atoms with E-state index >= 15 is 0 Å². The fraction of sp³-hybridized carbons (Fsp3) is 0.500. The molecule has 0 saturated carbocycles. The van der Waals surface area contributed by atoms with Gasteiger partial charge in [0.25, 0.3) is 0 Å². The average molecular weight is 264 g/mol. The SMILES string of the molecule is CN(Cc1ccc2c(c1)CCCS2)C(=O)CCN. The van der Waals surface area contributed by atoms with E-state index in [1.165, 1.54) is 28.2 Å². The zero-order valence-electron chi connectivity index (χ0n) is 10.8. The maximum atomic E-state index is 11.7. The molecule has 18 heavy (non-hydrogen) atoms. The number of hydrogen-bond donors (Lipinski definition) is 1. The Hall–Kier alpha value is -1.00. The lowest BCUT2D eigenvalue weighted by molar-refractivity contribution is -0.130. The van der Waals surface area contributed by atoms with Crippen LogP contribution in [0, 0.1) is 0 Å². The minimum Gasteiger partial charge on any atom is -0.341 e. The minimum atomic E-state index is 0.115. The molecule has 0 bridgehead atoms. The van der Waals surface area contributed by atoms with Crippen LogP contribution in [0.3, 0.4) is 0 Å². The standard InChI is InChI=1S/C14H20N2OS/c1-16(14(17)6-7-15)10-11-4-5-13-12(9-11)3-2-8-18-13/h4-5,9H,2-3,6-8,10,15H2,1H3. The summed E-state index contributed by atoms with van der Waals surface area (Å²) in [6.07, 6.45) is 2.84. The van der Waals surface area contributed by atoms with E-state index in [0.29, 0.717) is 19.5 Å². The highest BCUT2D eigenvalue weighted by Crippen LogP contribution is 2.30. The molecule has 1 aromatic rings. The van der Waals surface area contributed by atoms with Gasteiger partial charge in [0.15, 0.2) is 0 Å². The van der Waals surface area contributed by atoms with Gasteiger partial charge in [-0.05, 0) is 35.8 Å². The van der Waals surface area contributed by atoms with Gasteiger partial charge >= 0.3 is 0 Å². The van der Waals surface area contributed by atoms with Gasteiger partial charge in [0.2, 0.25) is 5.91 Å². The number of fused-ring (bicyclic) bond motifs is 1. The zero-order valence-corrected chi connectivity index (χ0v) is 11.6. The van der Waals surface area contributed by atoms with Crippen LogP contribution in [-0.4, -0.2) is 30.2 Å². The van der Waals surface area contributed by atoms with E-state index in [2.05, 4.69) is 18.2 Å². The van der Waals surface area contributed by atoms with Crippen LogP contribution in [0.4, 0.5) is 0 Å². The summed E-state index contributed by atoms with van der Waals surface area (Å²) in [4.78, 5) is 14.8. The first-order valence-electron chi connectivity index (χ1n) is 6.39. The highest BCUT2D eigenvalue weighted by atomic mass is 32.2. The van der Waals surface area contributed by atoms with Crippen LogP contribution in [-0.2, 0) is 17.8 Å². The fourth-order valence-electron chi connectivity index (χ4n) is 2.19. The third-order valence-corrected chi connectivity index (χ3v) is 4.38. The summed E-state index contributed by atoms with van der Waals surface area (Å²) in [5.74, 6) is 1.34. The van der Waals surface area contributed by atoms with Crippen LogP contribution in [0.1, 0.15) is 24.0 Å². The Balaban J connectivity index is 2.03. The first-order valence-corrected chi connectivity index (χ1v) is 7.38. The van der Waals surface area contributed by atoms with Crippen molar-refractivity contribution < 1.29 is 4.79 Å². The largest absolute Gasteiger partial charge is 0.341 e. The van der Waals surface area contributed by atoms with Gasteiger partial charge in [-0.1, -0.05) is 12.1 Å². The number of nitrogens with zero attached hydrogens (tertiary/aromatic N) is 1. The molecular formula is C14H20N2OS. The molecule has 2 N–H and O–H groups in total. The quantitative estimate of drug-likeness (QED) is 0.905. The first-order chi connectivity index (χ1) is 8.70. The van der Waals surface area contributed by atoms with Gasteiger partial charge in [-0.15, -0.1) is 11.8 Å². The topological polar surface area (TPSA) is 46.3 Å². The van der Waals surface area contributed by atoms with Crippen molar-refractivity contribution in [3.63, 3.8) is 0 Å². The van der Waals surface area contributed by atoms with Crippen molar-refractivity contribution in [1.82, 2.24) is 4.90 Å². The molecule has 3 nitrogen and oxygen atoms in total. The number of amides is 1. The molecule has 1 aromatic carbocycles. The molecule has 4 heteroatoms. The Kier molecular flexibility index (Phi) is 4.66. The van der Waals surface area contributed by atoms with Crippen molar-refractivity contribution in [2.45, 2.75) is 30.7 Å². The molecule has 0 radical (unpaired) electrons. The summed E-state index contributed by atoms with van der Waals surface area (Å²) in [6.45, 7) is 1.10. The van der Waals surface area contributed by atoms with Crippen molar-refractivity contribution in [2.24, 2.45) is 5.73 Å². The summed E-state index contributed by atoms with van der Waals surface area (Å²) in [6, 6.07) is 6.56. The van der Waals surface area contributed by atoms with Gasteiger partial charge in [-0.3, -0.25) is 4.79 Å². The maximum absolute atomic E-state index is 11.7. The molecule has 1 heterocycles. The molecule has 0 aliphatic carbocycles. The molecule has 1 aliphatic rings. The van der Waals surface area contributed by atoms with Crippen molar-refractivity contribution in [1.29, 1.82) is 0 Å². The van der Waals surface area contributed by atoms with E-state index in [1.807, 2.05) is 18.8 Å². The van der Waals surface area contributed by atoms with E-state index in [1.54, 1.807) is 4.90 Å². The van der Waals surface area contributed by atoms with Crippen LogP contribution in [0.15, 0.2) is 23.1 Å². The molecule has 0 saturated heterocycles. The highest BCUT2D eigenvalue weighted by molar-refractivity contribution is 7.99. The lowest BCUT2D eigenvalue weighted by Gasteiger charge is -2.20. The van der Waals surface area contributed by atoms with Crippen molar-refractivity contribution in [3.8, 4) is 0 Å². The first kappa shape index (κ1) is 13.4. The summed E-state index contributed by atoms with van der Waals surface area (Å²) in [5, 5.41) is 0. The second-order valence-electron chi connectivity index (χ2n) is 4.68. The predicted octanol–water partition coefficient (Wildman–Crippen LogP) is 2.03. The number of aryl methyl sites for hydroxylation is 1. The van der Waals surface area contributed by atoms with Crippen LogP contribution in [0.2, 0.25) is 0 Å². The molecule has 98 valence electrons. The summed E-state index contributed by atoms with van der Waals surface area (Å²) >= 11 is 1.93. The number of thioether (sulfide) groups is 1. The van der Waals surface area contributed by atoms with Gasteiger partial charge < -0.3 is 10.6 Å². The Morgan fingerprint density at radius 2 is 2.33 bits per heavy atom. The number of nitrogens with two attached hydrogens (primary N) is 1. The highest BCUT2D eigenvalue weighted by Gasteiger charge is 2.12. The normalized spacial score (nSPS) is 14.1. The summed E-state index contributed by atoms with van der Waals surface area (Å²) in [7, 11) is 1.84. The van der Waals surface area contributed by atoms with Gasteiger partial charge in [0.05, 0.1) is 0 Å². The number of carbonyl (C=O) groups excluding carboxylic acids is 1.